The molecule has 2 N–H and O–H groups in total. The molecule has 2 aromatic heterocycles. The molecule has 19 heavy (non-hydrogen) atoms. The smallest absolute Gasteiger partial charge is 0.230 e. The van der Waals surface area contributed by atoms with E-state index in [2.05, 4.69) is 31.8 Å². The van der Waals surface area contributed by atoms with Crippen molar-refractivity contribution in [1.29, 1.82) is 0 Å². The fourth-order valence-corrected chi connectivity index (χ4v) is 3.33. The van der Waals surface area contributed by atoms with Crippen LogP contribution >= 0.6 is 11.3 Å². The van der Waals surface area contributed by atoms with Gasteiger partial charge in [-0.2, -0.15) is 0 Å². The molecule has 0 saturated carbocycles. The van der Waals surface area contributed by atoms with Gasteiger partial charge in [0.25, 0.3) is 0 Å². The van der Waals surface area contributed by atoms with Gasteiger partial charge < -0.3 is 10.2 Å². The first-order valence-electron chi connectivity index (χ1n) is 6.21. The molecule has 0 aliphatic heterocycles. The van der Waals surface area contributed by atoms with Gasteiger partial charge in [-0.1, -0.05) is 6.07 Å². The summed E-state index contributed by atoms with van der Waals surface area (Å²) in [5.41, 5.74) is 12.2. The molecule has 2 heterocycles. The van der Waals surface area contributed by atoms with Gasteiger partial charge in [0, 0.05) is 4.88 Å². The van der Waals surface area contributed by atoms with Crippen LogP contribution in [0.1, 0.15) is 21.6 Å². The zero-order valence-electron chi connectivity index (χ0n) is 11.5. The highest BCUT2D eigenvalue weighted by molar-refractivity contribution is 7.16. The lowest BCUT2D eigenvalue weighted by Crippen LogP contribution is -1.85. The molecule has 4 heteroatoms. The van der Waals surface area contributed by atoms with E-state index in [4.69, 9.17) is 10.2 Å². The summed E-state index contributed by atoms with van der Waals surface area (Å²) in [6.45, 7) is 8.23. The van der Waals surface area contributed by atoms with Crippen molar-refractivity contribution in [2.75, 3.05) is 5.73 Å². The minimum absolute atomic E-state index is 0.628. The molecule has 0 saturated heterocycles. The molecule has 0 spiro atoms. The van der Waals surface area contributed by atoms with E-state index in [1.54, 1.807) is 11.3 Å². The van der Waals surface area contributed by atoms with Crippen molar-refractivity contribution in [1.82, 2.24) is 4.98 Å². The maximum absolute atomic E-state index is 6.08. The fourth-order valence-electron chi connectivity index (χ4n) is 2.40. The number of thiophene rings is 1. The van der Waals surface area contributed by atoms with Crippen molar-refractivity contribution in [2.24, 2.45) is 0 Å². The molecule has 0 atom stereocenters. The van der Waals surface area contributed by atoms with Crippen LogP contribution < -0.4 is 5.73 Å². The first-order chi connectivity index (χ1) is 8.97. The zero-order valence-corrected chi connectivity index (χ0v) is 12.3. The van der Waals surface area contributed by atoms with E-state index in [1.807, 2.05) is 13.0 Å². The molecule has 3 rings (SSSR count). The number of aromatic nitrogens is 1. The van der Waals surface area contributed by atoms with Crippen molar-refractivity contribution in [3.05, 3.63) is 33.7 Å². The van der Waals surface area contributed by atoms with Crippen LogP contribution in [0.15, 0.2) is 16.5 Å². The Labute approximate surface area is 116 Å². The molecule has 0 unspecified atom stereocenters. The van der Waals surface area contributed by atoms with Crippen LogP contribution in [0.25, 0.3) is 22.6 Å². The molecule has 0 aliphatic carbocycles. The van der Waals surface area contributed by atoms with Gasteiger partial charge in [-0.15, -0.1) is 11.3 Å². The Morgan fingerprint density at radius 1 is 1.16 bits per heavy atom. The summed E-state index contributed by atoms with van der Waals surface area (Å²) in [5, 5.41) is 0.774. The normalized spacial score (nSPS) is 11.4. The monoisotopic (exact) mass is 272 g/mol. The summed E-state index contributed by atoms with van der Waals surface area (Å²) >= 11 is 1.59. The highest BCUT2D eigenvalue weighted by Crippen LogP contribution is 2.39. The molecular formula is C15H16N2OS. The molecule has 98 valence electrons. The van der Waals surface area contributed by atoms with Gasteiger partial charge in [-0.05, 0) is 50.5 Å². The van der Waals surface area contributed by atoms with Gasteiger partial charge in [0.2, 0.25) is 5.89 Å². The molecule has 0 bridgehead atoms. The standard InChI is InChI=1S/C15H16N2OS/c1-7-5-8(2)13-11(6-7)17-15(18-13)12-9(3)10(4)19-14(12)16/h5-6H,16H2,1-4H3. The predicted octanol–water partition coefficient (Wildman–Crippen LogP) is 4.37. The van der Waals surface area contributed by atoms with Gasteiger partial charge in [0.05, 0.1) is 10.6 Å². The Morgan fingerprint density at radius 3 is 2.53 bits per heavy atom. The van der Waals surface area contributed by atoms with Crippen LogP contribution in [0, 0.1) is 27.7 Å². The number of benzene rings is 1. The maximum Gasteiger partial charge on any atom is 0.230 e. The van der Waals surface area contributed by atoms with E-state index < -0.39 is 0 Å². The third kappa shape index (κ3) is 1.83. The van der Waals surface area contributed by atoms with Gasteiger partial charge in [0.1, 0.15) is 5.52 Å². The van der Waals surface area contributed by atoms with Crippen LogP contribution in [0.5, 0.6) is 0 Å². The van der Waals surface area contributed by atoms with Crippen molar-refractivity contribution in [3.63, 3.8) is 0 Å². The average Bonchev–Trinajstić information content (AvgIpc) is 2.81. The molecule has 0 fully saturated rings. The highest BCUT2D eigenvalue weighted by atomic mass is 32.1. The number of nitrogens with zero attached hydrogens (tertiary/aromatic N) is 1. The Hall–Kier alpha value is -1.81. The molecule has 3 aromatic rings. The van der Waals surface area contributed by atoms with Crippen molar-refractivity contribution < 1.29 is 4.42 Å². The number of hydrogen-bond acceptors (Lipinski definition) is 4. The largest absolute Gasteiger partial charge is 0.436 e. The molecule has 0 radical (unpaired) electrons. The zero-order chi connectivity index (χ0) is 13.7. The second kappa shape index (κ2) is 4.10. The number of aryl methyl sites for hydroxylation is 3. The number of oxazole rings is 1. The first kappa shape index (κ1) is 12.2. The lowest BCUT2D eigenvalue weighted by Gasteiger charge is -1.96. The number of fused-ring (bicyclic) bond motifs is 1. The maximum atomic E-state index is 6.08. The summed E-state index contributed by atoms with van der Waals surface area (Å²) in [6, 6.07) is 4.15. The number of rotatable bonds is 1. The van der Waals surface area contributed by atoms with E-state index in [0.717, 1.165) is 32.8 Å². The van der Waals surface area contributed by atoms with E-state index >= 15 is 0 Å². The number of nitrogen functional groups attached to an aromatic ring is 1. The topological polar surface area (TPSA) is 52.0 Å². The average molecular weight is 272 g/mol. The summed E-state index contributed by atoms with van der Waals surface area (Å²) in [7, 11) is 0. The van der Waals surface area contributed by atoms with Crippen molar-refractivity contribution in [2.45, 2.75) is 27.7 Å². The minimum atomic E-state index is 0.628. The molecule has 0 aliphatic rings. The van der Waals surface area contributed by atoms with Crippen LogP contribution in [0.2, 0.25) is 0 Å². The van der Waals surface area contributed by atoms with E-state index in [-0.39, 0.29) is 0 Å². The molecular weight excluding hydrogens is 256 g/mol. The second-order valence-electron chi connectivity index (χ2n) is 4.97. The summed E-state index contributed by atoms with van der Waals surface area (Å²) in [6.07, 6.45) is 0. The Bertz CT molecular complexity index is 783. The SMILES string of the molecule is Cc1cc(C)c2oc(-c3c(N)sc(C)c3C)nc2c1. The van der Waals surface area contributed by atoms with E-state index in [0.29, 0.717) is 5.89 Å². The van der Waals surface area contributed by atoms with Gasteiger partial charge in [0.15, 0.2) is 5.58 Å². The highest BCUT2D eigenvalue weighted by Gasteiger charge is 2.18. The van der Waals surface area contributed by atoms with Gasteiger partial charge in [-0.25, -0.2) is 4.98 Å². The van der Waals surface area contributed by atoms with Gasteiger partial charge in [-0.3, -0.25) is 0 Å². The van der Waals surface area contributed by atoms with E-state index in [1.165, 1.54) is 10.4 Å². The molecule has 1 aromatic carbocycles. The Balaban J connectivity index is 2.29. The minimum Gasteiger partial charge on any atom is -0.436 e. The molecule has 0 amide bonds. The van der Waals surface area contributed by atoms with Crippen LogP contribution in [0.4, 0.5) is 5.00 Å². The summed E-state index contributed by atoms with van der Waals surface area (Å²) in [4.78, 5) is 5.81. The lowest BCUT2D eigenvalue weighted by molar-refractivity contribution is 0.617. The Morgan fingerprint density at radius 2 is 1.89 bits per heavy atom. The number of nitrogens with two attached hydrogens (primary N) is 1. The molecule has 3 nitrogen and oxygen atoms in total. The van der Waals surface area contributed by atoms with Crippen LogP contribution in [-0.2, 0) is 0 Å². The number of anilines is 1. The predicted molar refractivity (Wildman–Crippen MR) is 80.7 cm³/mol. The van der Waals surface area contributed by atoms with Crippen molar-refractivity contribution >= 4 is 27.4 Å². The van der Waals surface area contributed by atoms with Crippen LogP contribution in [0.3, 0.4) is 0 Å². The quantitative estimate of drug-likeness (QED) is 0.715. The lowest BCUT2D eigenvalue weighted by atomic mass is 10.1. The summed E-state index contributed by atoms with van der Waals surface area (Å²) in [5.74, 6) is 0.628. The summed E-state index contributed by atoms with van der Waals surface area (Å²) < 4.78 is 5.93. The number of hydrogen-bond donors (Lipinski definition) is 1. The second-order valence-corrected chi connectivity index (χ2v) is 6.23. The van der Waals surface area contributed by atoms with Gasteiger partial charge >= 0.3 is 0 Å². The Kier molecular flexibility index (Phi) is 2.64. The third-order valence-corrected chi connectivity index (χ3v) is 4.48. The first-order valence-corrected chi connectivity index (χ1v) is 7.02. The van der Waals surface area contributed by atoms with E-state index in [9.17, 15) is 0 Å². The van der Waals surface area contributed by atoms with Crippen molar-refractivity contribution in [3.8, 4) is 11.5 Å². The third-order valence-electron chi connectivity index (χ3n) is 3.45. The fraction of sp³-hybridized carbons (Fsp3) is 0.267. The van der Waals surface area contributed by atoms with Crippen LogP contribution in [-0.4, -0.2) is 4.98 Å².